The lowest BCUT2D eigenvalue weighted by Gasteiger charge is -2.23. The molecule has 2 aromatic carbocycles. The van der Waals surface area contributed by atoms with Crippen molar-refractivity contribution in [2.75, 3.05) is 35.1 Å². The standard InChI is InChI=1S/C17H16Cl3N3O4/c18-7-9-22(10-8-19)14-5-6-16(15(20)11-14)27-17(24)21-12-1-3-13(4-2-12)23(25)26/h1-6,11H,7-10H2,(H,21,24). The van der Waals surface area contributed by atoms with E-state index < -0.39 is 11.0 Å². The molecule has 0 radical (unpaired) electrons. The number of ether oxygens (including phenoxy) is 1. The van der Waals surface area contributed by atoms with Crippen molar-refractivity contribution in [1.82, 2.24) is 0 Å². The summed E-state index contributed by atoms with van der Waals surface area (Å²) < 4.78 is 5.19. The quantitative estimate of drug-likeness (QED) is 0.354. The van der Waals surface area contributed by atoms with E-state index in [1.165, 1.54) is 24.3 Å². The molecule has 144 valence electrons. The molecule has 0 atom stereocenters. The van der Waals surface area contributed by atoms with Crippen LogP contribution in [-0.4, -0.2) is 35.9 Å². The Balaban J connectivity index is 2.03. The average molecular weight is 433 g/mol. The zero-order chi connectivity index (χ0) is 19.8. The molecule has 10 heteroatoms. The monoisotopic (exact) mass is 431 g/mol. The molecular formula is C17H16Cl3N3O4. The third kappa shape index (κ3) is 6.16. The van der Waals surface area contributed by atoms with E-state index in [1.807, 2.05) is 4.90 Å². The number of nitrogens with one attached hydrogen (secondary N) is 1. The van der Waals surface area contributed by atoms with Crippen LogP contribution in [0.1, 0.15) is 0 Å². The molecular weight excluding hydrogens is 417 g/mol. The fraction of sp³-hybridized carbons (Fsp3) is 0.235. The van der Waals surface area contributed by atoms with Crippen LogP contribution < -0.4 is 15.0 Å². The number of benzene rings is 2. The van der Waals surface area contributed by atoms with E-state index in [-0.39, 0.29) is 16.5 Å². The van der Waals surface area contributed by atoms with Crippen LogP contribution in [0.25, 0.3) is 0 Å². The van der Waals surface area contributed by atoms with Crippen LogP contribution in [0, 0.1) is 10.1 Å². The summed E-state index contributed by atoms with van der Waals surface area (Å²) in [7, 11) is 0. The van der Waals surface area contributed by atoms with Crippen molar-refractivity contribution in [3.05, 3.63) is 57.6 Å². The predicted octanol–water partition coefficient (Wildman–Crippen LogP) is 5.14. The van der Waals surface area contributed by atoms with Gasteiger partial charge in [0.2, 0.25) is 0 Å². The maximum absolute atomic E-state index is 12.0. The molecule has 7 nitrogen and oxygen atoms in total. The number of amides is 1. The second kappa shape index (κ2) is 10.2. The molecule has 1 N–H and O–H groups in total. The Morgan fingerprint density at radius 3 is 2.26 bits per heavy atom. The van der Waals surface area contributed by atoms with E-state index in [4.69, 9.17) is 39.5 Å². The molecule has 0 fully saturated rings. The topological polar surface area (TPSA) is 84.7 Å². The van der Waals surface area contributed by atoms with Crippen molar-refractivity contribution in [3.63, 3.8) is 0 Å². The maximum atomic E-state index is 12.0. The third-order valence-electron chi connectivity index (χ3n) is 3.52. The third-order valence-corrected chi connectivity index (χ3v) is 4.15. The SMILES string of the molecule is O=C(Nc1ccc([N+](=O)[O-])cc1)Oc1ccc(N(CCCl)CCCl)cc1Cl. The van der Waals surface area contributed by atoms with E-state index in [0.29, 0.717) is 30.5 Å². The van der Waals surface area contributed by atoms with Gasteiger partial charge in [0, 0.05) is 48.4 Å². The first-order valence-electron chi connectivity index (χ1n) is 7.84. The van der Waals surface area contributed by atoms with Gasteiger partial charge in [-0.3, -0.25) is 15.4 Å². The summed E-state index contributed by atoms with van der Waals surface area (Å²) in [5, 5.41) is 13.4. The summed E-state index contributed by atoms with van der Waals surface area (Å²) in [5.41, 5.74) is 1.09. The van der Waals surface area contributed by atoms with E-state index >= 15 is 0 Å². The summed E-state index contributed by atoms with van der Waals surface area (Å²) >= 11 is 17.8. The van der Waals surface area contributed by atoms with Crippen LogP contribution in [0.15, 0.2) is 42.5 Å². The molecule has 0 unspecified atom stereocenters. The van der Waals surface area contributed by atoms with Gasteiger partial charge in [-0.25, -0.2) is 4.79 Å². The number of hydrogen-bond donors (Lipinski definition) is 1. The average Bonchev–Trinajstić information content (AvgIpc) is 2.63. The summed E-state index contributed by atoms with van der Waals surface area (Å²) in [6, 6.07) is 10.3. The highest BCUT2D eigenvalue weighted by Gasteiger charge is 2.13. The first kappa shape index (κ1) is 21.1. The Labute approximate surface area is 170 Å². The fourth-order valence-electron chi connectivity index (χ4n) is 2.25. The number of halogens is 3. The Kier molecular flexibility index (Phi) is 7.97. The van der Waals surface area contributed by atoms with E-state index in [1.54, 1.807) is 18.2 Å². The normalized spacial score (nSPS) is 10.3. The number of nitro benzene ring substituents is 1. The number of alkyl halides is 2. The number of nitrogens with zero attached hydrogens (tertiary/aromatic N) is 2. The Bertz CT molecular complexity index is 797. The van der Waals surface area contributed by atoms with Crippen LogP contribution in [0.5, 0.6) is 5.75 Å². The molecule has 0 aliphatic rings. The summed E-state index contributed by atoms with van der Waals surface area (Å²) in [4.78, 5) is 24.1. The minimum absolute atomic E-state index is 0.0778. The fourth-order valence-corrected chi connectivity index (χ4v) is 2.87. The van der Waals surface area contributed by atoms with Gasteiger partial charge >= 0.3 is 6.09 Å². The smallest absolute Gasteiger partial charge is 0.409 e. The van der Waals surface area contributed by atoms with Gasteiger partial charge < -0.3 is 9.64 Å². The molecule has 0 saturated heterocycles. The zero-order valence-corrected chi connectivity index (χ0v) is 16.3. The van der Waals surface area contributed by atoms with Crippen LogP contribution in [-0.2, 0) is 0 Å². The van der Waals surface area contributed by atoms with E-state index in [9.17, 15) is 14.9 Å². The molecule has 0 saturated carbocycles. The highest BCUT2D eigenvalue weighted by atomic mass is 35.5. The molecule has 0 aliphatic carbocycles. The number of carbonyl (C=O) groups excluding carboxylic acids is 1. The Morgan fingerprint density at radius 2 is 1.74 bits per heavy atom. The number of anilines is 2. The Hall–Kier alpha value is -2.22. The van der Waals surface area contributed by atoms with E-state index in [0.717, 1.165) is 5.69 Å². The summed E-state index contributed by atoms with van der Waals surface area (Å²) in [6.45, 7) is 1.21. The molecule has 0 spiro atoms. The van der Waals surface area contributed by atoms with Crippen LogP contribution in [0.4, 0.5) is 21.9 Å². The number of non-ortho nitro benzene ring substituents is 1. The van der Waals surface area contributed by atoms with Crippen molar-refractivity contribution in [3.8, 4) is 5.75 Å². The van der Waals surface area contributed by atoms with Crippen molar-refractivity contribution in [2.24, 2.45) is 0 Å². The van der Waals surface area contributed by atoms with Crippen molar-refractivity contribution in [2.45, 2.75) is 0 Å². The molecule has 0 bridgehead atoms. The van der Waals surface area contributed by atoms with Gasteiger partial charge in [-0.2, -0.15) is 0 Å². The minimum atomic E-state index is -0.767. The molecule has 0 aliphatic heterocycles. The number of hydrogen-bond acceptors (Lipinski definition) is 5. The van der Waals surface area contributed by atoms with Gasteiger partial charge in [-0.1, -0.05) is 11.6 Å². The van der Waals surface area contributed by atoms with Crippen molar-refractivity contribution >= 4 is 58.0 Å². The molecule has 0 heterocycles. The number of rotatable bonds is 8. The van der Waals surface area contributed by atoms with Gasteiger partial charge in [0.15, 0.2) is 5.75 Å². The van der Waals surface area contributed by atoms with Gasteiger partial charge in [0.05, 0.1) is 9.95 Å². The lowest BCUT2D eigenvalue weighted by atomic mass is 10.2. The Morgan fingerprint density at radius 1 is 1.11 bits per heavy atom. The highest BCUT2D eigenvalue weighted by molar-refractivity contribution is 6.32. The molecule has 0 aromatic heterocycles. The van der Waals surface area contributed by atoms with Crippen LogP contribution >= 0.6 is 34.8 Å². The first-order chi connectivity index (χ1) is 12.9. The molecule has 27 heavy (non-hydrogen) atoms. The largest absolute Gasteiger partial charge is 0.417 e. The van der Waals surface area contributed by atoms with Gasteiger partial charge in [0.1, 0.15) is 0 Å². The summed E-state index contributed by atoms with van der Waals surface area (Å²) in [6.07, 6.45) is -0.767. The van der Waals surface area contributed by atoms with Crippen molar-refractivity contribution < 1.29 is 14.5 Å². The number of nitro groups is 1. The second-order valence-electron chi connectivity index (χ2n) is 5.30. The highest BCUT2D eigenvalue weighted by Crippen LogP contribution is 2.30. The zero-order valence-electron chi connectivity index (χ0n) is 14.0. The minimum Gasteiger partial charge on any atom is -0.409 e. The first-order valence-corrected chi connectivity index (χ1v) is 9.29. The van der Waals surface area contributed by atoms with Gasteiger partial charge in [-0.15, -0.1) is 23.2 Å². The summed E-state index contributed by atoms with van der Waals surface area (Å²) in [5.74, 6) is 1.05. The predicted molar refractivity (Wildman–Crippen MR) is 108 cm³/mol. The van der Waals surface area contributed by atoms with Crippen LogP contribution in [0.2, 0.25) is 5.02 Å². The molecule has 2 aromatic rings. The second-order valence-corrected chi connectivity index (χ2v) is 6.46. The lowest BCUT2D eigenvalue weighted by molar-refractivity contribution is -0.384. The maximum Gasteiger partial charge on any atom is 0.417 e. The van der Waals surface area contributed by atoms with Gasteiger partial charge in [-0.05, 0) is 30.3 Å². The van der Waals surface area contributed by atoms with Crippen molar-refractivity contribution in [1.29, 1.82) is 0 Å². The molecule has 2 rings (SSSR count). The number of carbonyl (C=O) groups is 1. The van der Waals surface area contributed by atoms with E-state index in [2.05, 4.69) is 5.32 Å². The molecule has 1 amide bonds. The van der Waals surface area contributed by atoms with Gasteiger partial charge in [0.25, 0.3) is 5.69 Å². The lowest BCUT2D eigenvalue weighted by Crippen LogP contribution is -2.27. The van der Waals surface area contributed by atoms with Crippen LogP contribution in [0.3, 0.4) is 0 Å².